The molecular formula is C19H24ClF2N5O. The Balaban J connectivity index is 0.00000225. The van der Waals surface area contributed by atoms with Crippen molar-refractivity contribution in [3.8, 4) is 0 Å². The standard InChI is InChI=1S/C19H23F2N5O.ClH/c20-15-2-1-12(9-16(15)21)11-26-7-4-13(5-8-26)23-19(27)18-14-10-22-6-3-17(14)24-25-18;/h1-2,9,13,22H,3-8,10-11H2,(H,23,27)(H,24,25);1H. The molecule has 3 heterocycles. The number of hydrogen-bond donors (Lipinski definition) is 3. The Morgan fingerprint density at radius 1 is 1.25 bits per heavy atom. The maximum absolute atomic E-state index is 13.3. The largest absolute Gasteiger partial charge is 0.348 e. The lowest BCUT2D eigenvalue weighted by molar-refractivity contribution is 0.0902. The molecule has 1 fully saturated rings. The van der Waals surface area contributed by atoms with Crippen LogP contribution in [-0.4, -0.2) is 46.7 Å². The Labute approximate surface area is 168 Å². The fraction of sp³-hybridized carbons (Fsp3) is 0.474. The van der Waals surface area contributed by atoms with Gasteiger partial charge in [0.25, 0.3) is 5.91 Å². The van der Waals surface area contributed by atoms with Gasteiger partial charge in [0.2, 0.25) is 0 Å². The van der Waals surface area contributed by atoms with Crippen LogP contribution >= 0.6 is 12.4 Å². The van der Waals surface area contributed by atoms with Crippen molar-refractivity contribution in [2.45, 2.75) is 38.4 Å². The van der Waals surface area contributed by atoms with Gasteiger partial charge in [-0.05, 0) is 30.5 Å². The first-order chi connectivity index (χ1) is 13.1. The van der Waals surface area contributed by atoms with Crippen LogP contribution in [0, 0.1) is 11.6 Å². The second-order valence-electron chi connectivity index (χ2n) is 7.23. The van der Waals surface area contributed by atoms with Gasteiger partial charge >= 0.3 is 0 Å². The van der Waals surface area contributed by atoms with Gasteiger partial charge in [-0.25, -0.2) is 8.78 Å². The van der Waals surface area contributed by atoms with Crippen LogP contribution in [0.3, 0.4) is 0 Å². The van der Waals surface area contributed by atoms with Crippen molar-refractivity contribution in [3.05, 3.63) is 52.3 Å². The predicted molar refractivity (Wildman–Crippen MR) is 103 cm³/mol. The van der Waals surface area contributed by atoms with Crippen molar-refractivity contribution in [1.82, 2.24) is 25.7 Å². The van der Waals surface area contributed by atoms with Gasteiger partial charge in [-0.1, -0.05) is 6.07 Å². The zero-order valence-electron chi connectivity index (χ0n) is 15.4. The molecule has 0 spiro atoms. The van der Waals surface area contributed by atoms with Gasteiger partial charge in [-0.3, -0.25) is 14.8 Å². The number of carbonyl (C=O) groups excluding carboxylic acids is 1. The third kappa shape index (κ3) is 4.51. The van der Waals surface area contributed by atoms with E-state index < -0.39 is 11.6 Å². The van der Waals surface area contributed by atoms with E-state index >= 15 is 0 Å². The molecule has 3 N–H and O–H groups in total. The van der Waals surface area contributed by atoms with Crippen molar-refractivity contribution in [2.24, 2.45) is 0 Å². The number of amides is 1. The highest BCUT2D eigenvalue weighted by Gasteiger charge is 2.25. The molecule has 2 aliphatic rings. The van der Waals surface area contributed by atoms with Crippen LogP contribution in [-0.2, 0) is 19.5 Å². The number of aromatic nitrogens is 2. The first-order valence-electron chi connectivity index (χ1n) is 9.34. The van der Waals surface area contributed by atoms with Crippen LogP contribution in [0.5, 0.6) is 0 Å². The van der Waals surface area contributed by atoms with E-state index in [1.807, 2.05) is 0 Å². The van der Waals surface area contributed by atoms with Crippen molar-refractivity contribution in [1.29, 1.82) is 0 Å². The Kier molecular flexibility index (Phi) is 6.64. The van der Waals surface area contributed by atoms with E-state index in [1.165, 1.54) is 6.07 Å². The summed E-state index contributed by atoms with van der Waals surface area (Å²) < 4.78 is 26.4. The van der Waals surface area contributed by atoms with Crippen LogP contribution in [0.15, 0.2) is 18.2 Å². The maximum atomic E-state index is 13.3. The van der Waals surface area contributed by atoms with Crippen LogP contribution in [0.1, 0.15) is 40.2 Å². The van der Waals surface area contributed by atoms with Gasteiger partial charge in [0.15, 0.2) is 17.3 Å². The van der Waals surface area contributed by atoms with E-state index in [9.17, 15) is 13.6 Å². The zero-order chi connectivity index (χ0) is 18.8. The fourth-order valence-electron chi connectivity index (χ4n) is 3.80. The van der Waals surface area contributed by atoms with Gasteiger partial charge in [0.05, 0.1) is 0 Å². The van der Waals surface area contributed by atoms with E-state index in [4.69, 9.17) is 0 Å². The van der Waals surface area contributed by atoms with E-state index in [1.54, 1.807) is 6.07 Å². The average Bonchev–Trinajstić information content (AvgIpc) is 3.11. The third-order valence-corrected chi connectivity index (χ3v) is 5.33. The SMILES string of the molecule is Cl.O=C(NC1CCN(Cc2ccc(F)c(F)c2)CC1)c1n[nH]c2c1CNCC2. The normalized spacial score (nSPS) is 17.6. The number of rotatable bonds is 4. The first kappa shape index (κ1) is 20.7. The molecule has 6 nitrogen and oxygen atoms in total. The summed E-state index contributed by atoms with van der Waals surface area (Å²) in [4.78, 5) is 14.8. The lowest BCUT2D eigenvalue weighted by Gasteiger charge is -2.32. The summed E-state index contributed by atoms with van der Waals surface area (Å²) in [6.45, 7) is 3.73. The predicted octanol–water partition coefficient (Wildman–Crippen LogP) is 2.15. The minimum atomic E-state index is -0.823. The lowest BCUT2D eigenvalue weighted by atomic mass is 10.0. The minimum absolute atomic E-state index is 0. The third-order valence-electron chi connectivity index (χ3n) is 5.33. The van der Waals surface area contributed by atoms with Crippen molar-refractivity contribution in [3.63, 3.8) is 0 Å². The Bertz CT molecular complexity index is 836. The topological polar surface area (TPSA) is 73.0 Å². The molecule has 1 saturated heterocycles. The van der Waals surface area contributed by atoms with Gasteiger partial charge in [0, 0.05) is 56.4 Å². The number of nitrogens with one attached hydrogen (secondary N) is 3. The molecule has 2 aliphatic heterocycles. The molecule has 2 aromatic rings. The fourth-order valence-corrected chi connectivity index (χ4v) is 3.80. The van der Waals surface area contributed by atoms with Crippen LogP contribution < -0.4 is 10.6 Å². The van der Waals surface area contributed by atoms with Crippen LogP contribution in [0.4, 0.5) is 8.78 Å². The highest BCUT2D eigenvalue weighted by molar-refractivity contribution is 5.94. The van der Waals surface area contributed by atoms with Gasteiger partial charge in [-0.15, -0.1) is 12.4 Å². The summed E-state index contributed by atoms with van der Waals surface area (Å²) in [5.41, 5.74) is 3.25. The Hall–Kier alpha value is -2.03. The Morgan fingerprint density at radius 3 is 2.79 bits per heavy atom. The van der Waals surface area contributed by atoms with Crippen LogP contribution in [0.25, 0.3) is 0 Å². The number of hydrogen-bond acceptors (Lipinski definition) is 4. The summed E-state index contributed by atoms with van der Waals surface area (Å²) in [6.07, 6.45) is 2.50. The summed E-state index contributed by atoms with van der Waals surface area (Å²) in [6, 6.07) is 4.12. The number of nitrogens with zero attached hydrogens (tertiary/aromatic N) is 2. The molecule has 28 heavy (non-hydrogen) atoms. The molecule has 1 aromatic heterocycles. The van der Waals surface area contributed by atoms with E-state index in [0.29, 0.717) is 18.8 Å². The number of piperidine rings is 1. The van der Waals surface area contributed by atoms with Crippen molar-refractivity contribution in [2.75, 3.05) is 19.6 Å². The lowest BCUT2D eigenvalue weighted by Crippen LogP contribution is -2.44. The molecule has 0 saturated carbocycles. The molecule has 152 valence electrons. The zero-order valence-corrected chi connectivity index (χ0v) is 16.2. The summed E-state index contributed by atoms with van der Waals surface area (Å²) in [7, 11) is 0. The van der Waals surface area contributed by atoms with E-state index in [0.717, 1.165) is 61.8 Å². The first-order valence-corrected chi connectivity index (χ1v) is 9.34. The molecule has 0 atom stereocenters. The molecule has 9 heteroatoms. The number of benzene rings is 1. The molecule has 0 radical (unpaired) electrons. The number of fused-ring (bicyclic) bond motifs is 1. The molecule has 0 bridgehead atoms. The second kappa shape index (κ2) is 8.98. The molecule has 1 amide bonds. The van der Waals surface area contributed by atoms with Crippen molar-refractivity contribution >= 4 is 18.3 Å². The van der Waals surface area contributed by atoms with Gasteiger partial charge in [-0.2, -0.15) is 5.10 Å². The number of H-pyrrole nitrogens is 1. The quantitative estimate of drug-likeness (QED) is 0.720. The number of aromatic amines is 1. The van der Waals surface area contributed by atoms with Gasteiger partial charge < -0.3 is 10.6 Å². The minimum Gasteiger partial charge on any atom is -0.348 e. The average molecular weight is 412 g/mol. The second-order valence-corrected chi connectivity index (χ2v) is 7.23. The highest BCUT2D eigenvalue weighted by Crippen LogP contribution is 2.18. The van der Waals surface area contributed by atoms with Gasteiger partial charge in [0.1, 0.15) is 0 Å². The van der Waals surface area contributed by atoms with E-state index in [-0.39, 0.29) is 24.4 Å². The molecular weight excluding hydrogens is 388 g/mol. The molecule has 0 unspecified atom stereocenters. The monoisotopic (exact) mass is 411 g/mol. The van der Waals surface area contributed by atoms with E-state index in [2.05, 4.69) is 25.7 Å². The highest BCUT2D eigenvalue weighted by atomic mass is 35.5. The smallest absolute Gasteiger partial charge is 0.272 e. The summed E-state index contributed by atoms with van der Waals surface area (Å²) in [5, 5.41) is 13.5. The number of carbonyl (C=O) groups is 1. The summed E-state index contributed by atoms with van der Waals surface area (Å²) >= 11 is 0. The van der Waals surface area contributed by atoms with Crippen molar-refractivity contribution < 1.29 is 13.6 Å². The number of likely N-dealkylation sites (tertiary alicyclic amines) is 1. The van der Waals surface area contributed by atoms with Crippen LogP contribution in [0.2, 0.25) is 0 Å². The molecule has 4 rings (SSSR count). The summed E-state index contributed by atoms with van der Waals surface area (Å²) in [5.74, 6) is -1.77. The number of halogens is 3. The maximum Gasteiger partial charge on any atom is 0.272 e. The Morgan fingerprint density at radius 2 is 2.04 bits per heavy atom. The molecule has 1 aromatic carbocycles. The molecule has 0 aliphatic carbocycles.